The number of nitrogens with one attached hydrogen (secondary N) is 1. The number of amides is 1. The molecule has 128 valence electrons. The SMILES string of the molecule is COc1ccc(OC)c(CCNC(=O)c2c(C)cc(=O)oc2C)c1. The lowest BCUT2D eigenvalue weighted by Gasteiger charge is -2.12. The molecule has 0 saturated heterocycles. The fraction of sp³-hybridized carbons (Fsp3) is 0.333. The number of hydrogen-bond acceptors (Lipinski definition) is 5. The van der Waals surface area contributed by atoms with Crippen LogP contribution < -0.4 is 20.4 Å². The maximum Gasteiger partial charge on any atom is 0.336 e. The van der Waals surface area contributed by atoms with E-state index in [1.807, 2.05) is 18.2 Å². The molecule has 0 aliphatic rings. The van der Waals surface area contributed by atoms with E-state index in [4.69, 9.17) is 13.9 Å². The Hall–Kier alpha value is -2.76. The molecule has 0 aliphatic carbocycles. The third-order valence-electron chi connectivity index (χ3n) is 3.73. The number of methoxy groups -OCH3 is 2. The summed E-state index contributed by atoms with van der Waals surface area (Å²) in [5, 5.41) is 2.84. The summed E-state index contributed by atoms with van der Waals surface area (Å²) in [6.45, 7) is 3.73. The second-order valence-electron chi connectivity index (χ2n) is 5.36. The molecule has 0 radical (unpaired) electrons. The minimum absolute atomic E-state index is 0.268. The van der Waals surface area contributed by atoms with Gasteiger partial charge in [-0.2, -0.15) is 0 Å². The van der Waals surface area contributed by atoms with Gasteiger partial charge < -0.3 is 19.2 Å². The van der Waals surface area contributed by atoms with Crippen molar-refractivity contribution in [2.24, 2.45) is 0 Å². The number of carbonyl (C=O) groups is 1. The van der Waals surface area contributed by atoms with Crippen LogP contribution in [-0.4, -0.2) is 26.7 Å². The van der Waals surface area contributed by atoms with E-state index in [1.54, 1.807) is 28.1 Å². The first-order valence-corrected chi connectivity index (χ1v) is 7.56. The van der Waals surface area contributed by atoms with Crippen LogP contribution in [0.25, 0.3) is 0 Å². The van der Waals surface area contributed by atoms with Crippen LogP contribution in [0.4, 0.5) is 0 Å². The first-order valence-electron chi connectivity index (χ1n) is 7.56. The fourth-order valence-electron chi connectivity index (χ4n) is 2.57. The summed E-state index contributed by atoms with van der Waals surface area (Å²) in [6, 6.07) is 6.84. The Morgan fingerprint density at radius 1 is 1.17 bits per heavy atom. The van der Waals surface area contributed by atoms with Gasteiger partial charge in [0.2, 0.25) is 0 Å². The number of ether oxygens (including phenoxy) is 2. The second kappa shape index (κ2) is 7.68. The number of benzene rings is 1. The maximum atomic E-state index is 12.3. The highest BCUT2D eigenvalue weighted by Crippen LogP contribution is 2.24. The third-order valence-corrected chi connectivity index (χ3v) is 3.73. The van der Waals surface area contributed by atoms with Crippen molar-refractivity contribution in [2.45, 2.75) is 20.3 Å². The highest BCUT2D eigenvalue weighted by molar-refractivity contribution is 5.96. The van der Waals surface area contributed by atoms with Crippen molar-refractivity contribution in [1.82, 2.24) is 5.32 Å². The molecule has 0 unspecified atom stereocenters. The van der Waals surface area contributed by atoms with Crippen LogP contribution in [-0.2, 0) is 6.42 Å². The number of rotatable bonds is 6. The minimum atomic E-state index is -0.456. The molecular weight excluding hydrogens is 310 g/mol. The van der Waals surface area contributed by atoms with Gasteiger partial charge >= 0.3 is 5.63 Å². The topological polar surface area (TPSA) is 77.8 Å². The molecule has 0 fully saturated rings. The fourth-order valence-corrected chi connectivity index (χ4v) is 2.57. The van der Waals surface area contributed by atoms with Crippen LogP contribution in [0.2, 0.25) is 0 Å². The molecule has 1 aromatic carbocycles. The van der Waals surface area contributed by atoms with Gasteiger partial charge in [-0.05, 0) is 49.6 Å². The average molecular weight is 331 g/mol. The molecule has 2 rings (SSSR count). The monoisotopic (exact) mass is 331 g/mol. The molecule has 1 heterocycles. The van der Waals surface area contributed by atoms with Crippen LogP contribution in [0.15, 0.2) is 33.5 Å². The van der Waals surface area contributed by atoms with Crippen LogP contribution >= 0.6 is 0 Å². The van der Waals surface area contributed by atoms with E-state index in [9.17, 15) is 9.59 Å². The standard InChI is InChI=1S/C18H21NO5/c1-11-9-16(20)24-12(2)17(11)18(21)19-8-7-13-10-14(22-3)5-6-15(13)23-4/h5-6,9-10H,7-8H2,1-4H3,(H,19,21). The van der Waals surface area contributed by atoms with Crippen LogP contribution in [0.3, 0.4) is 0 Å². The van der Waals surface area contributed by atoms with E-state index in [1.165, 1.54) is 6.07 Å². The molecule has 2 aromatic rings. The zero-order valence-corrected chi connectivity index (χ0v) is 14.3. The lowest BCUT2D eigenvalue weighted by Crippen LogP contribution is -2.28. The zero-order chi connectivity index (χ0) is 17.7. The van der Waals surface area contributed by atoms with Gasteiger partial charge in [0.25, 0.3) is 5.91 Å². The third kappa shape index (κ3) is 3.95. The highest BCUT2D eigenvalue weighted by Gasteiger charge is 2.15. The van der Waals surface area contributed by atoms with E-state index in [0.29, 0.717) is 29.9 Å². The molecule has 0 saturated carbocycles. The van der Waals surface area contributed by atoms with Crippen molar-refractivity contribution in [3.63, 3.8) is 0 Å². The largest absolute Gasteiger partial charge is 0.497 e. The summed E-state index contributed by atoms with van der Waals surface area (Å²) in [4.78, 5) is 23.6. The van der Waals surface area contributed by atoms with Gasteiger partial charge in [0, 0.05) is 12.6 Å². The van der Waals surface area contributed by atoms with Crippen molar-refractivity contribution < 1.29 is 18.7 Å². The van der Waals surface area contributed by atoms with Crippen LogP contribution in [0.1, 0.15) is 27.2 Å². The average Bonchev–Trinajstić information content (AvgIpc) is 2.53. The molecule has 6 heteroatoms. The van der Waals surface area contributed by atoms with E-state index < -0.39 is 5.63 Å². The number of hydrogen-bond donors (Lipinski definition) is 1. The smallest absolute Gasteiger partial charge is 0.336 e. The van der Waals surface area contributed by atoms with Crippen molar-refractivity contribution >= 4 is 5.91 Å². The van der Waals surface area contributed by atoms with Gasteiger partial charge in [-0.1, -0.05) is 0 Å². The molecule has 0 aliphatic heterocycles. The second-order valence-corrected chi connectivity index (χ2v) is 5.36. The van der Waals surface area contributed by atoms with Gasteiger partial charge in [-0.25, -0.2) is 4.79 Å². The van der Waals surface area contributed by atoms with Gasteiger partial charge in [0.1, 0.15) is 17.3 Å². The highest BCUT2D eigenvalue weighted by atomic mass is 16.5. The lowest BCUT2D eigenvalue weighted by molar-refractivity contribution is 0.0949. The molecule has 6 nitrogen and oxygen atoms in total. The van der Waals surface area contributed by atoms with Gasteiger partial charge in [-0.15, -0.1) is 0 Å². The number of aryl methyl sites for hydroxylation is 2. The van der Waals surface area contributed by atoms with Crippen molar-refractivity contribution in [1.29, 1.82) is 0 Å². The predicted octanol–water partition coefficient (Wildman–Crippen LogP) is 2.25. The Labute approximate surface area is 140 Å². The molecule has 1 aromatic heterocycles. The predicted molar refractivity (Wildman–Crippen MR) is 90.0 cm³/mol. The number of carbonyl (C=O) groups excluding carboxylic acids is 1. The maximum absolute atomic E-state index is 12.3. The van der Waals surface area contributed by atoms with E-state index >= 15 is 0 Å². The lowest BCUT2D eigenvalue weighted by atomic mass is 10.1. The minimum Gasteiger partial charge on any atom is -0.497 e. The summed E-state index contributed by atoms with van der Waals surface area (Å²) in [5.74, 6) is 1.52. The van der Waals surface area contributed by atoms with E-state index in [0.717, 1.165) is 17.1 Å². The van der Waals surface area contributed by atoms with Crippen molar-refractivity contribution in [3.8, 4) is 11.5 Å². The normalized spacial score (nSPS) is 10.3. The molecule has 0 atom stereocenters. The Morgan fingerprint density at radius 2 is 1.92 bits per heavy atom. The van der Waals surface area contributed by atoms with Crippen molar-refractivity contribution in [3.05, 3.63) is 57.1 Å². The van der Waals surface area contributed by atoms with Crippen LogP contribution in [0, 0.1) is 13.8 Å². The quantitative estimate of drug-likeness (QED) is 0.878. The molecular formula is C18H21NO5. The summed E-state index contributed by atoms with van der Waals surface area (Å²) in [7, 11) is 3.20. The first-order chi connectivity index (χ1) is 11.5. The summed E-state index contributed by atoms with van der Waals surface area (Å²) < 4.78 is 15.5. The van der Waals surface area contributed by atoms with E-state index in [2.05, 4.69) is 5.32 Å². The van der Waals surface area contributed by atoms with Gasteiger partial charge in [0.15, 0.2) is 0 Å². The first kappa shape index (κ1) is 17.6. The van der Waals surface area contributed by atoms with E-state index in [-0.39, 0.29) is 5.91 Å². The Bertz CT molecular complexity index is 768. The summed E-state index contributed by atoms with van der Waals surface area (Å²) >= 11 is 0. The van der Waals surface area contributed by atoms with Gasteiger partial charge in [0.05, 0.1) is 19.8 Å². The molecule has 1 amide bonds. The Kier molecular flexibility index (Phi) is 5.63. The van der Waals surface area contributed by atoms with Crippen LogP contribution in [0.5, 0.6) is 11.5 Å². The molecule has 0 bridgehead atoms. The molecule has 0 spiro atoms. The molecule has 24 heavy (non-hydrogen) atoms. The molecule has 1 N–H and O–H groups in total. The Morgan fingerprint density at radius 3 is 2.54 bits per heavy atom. The Balaban J connectivity index is 2.07. The van der Waals surface area contributed by atoms with Crippen molar-refractivity contribution in [2.75, 3.05) is 20.8 Å². The summed E-state index contributed by atoms with van der Waals surface area (Å²) in [6.07, 6.45) is 0.584. The summed E-state index contributed by atoms with van der Waals surface area (Å²) in [5.41, 5.74) is 1.47. The zero-order valence-electron chi connectivity index (χ0n) is 14.3. The van der Waals surface area contributed by atoms with Gasteiger partial charge in [-0.3, -0.25) is 4.79 Å².